The third-order valence-corrected chi connectivity index (χ3v) is 4.60. The predicted molar refractivity (Wildman–Crippen MR) is 86.0 cm³/mol. The Hall–Kier alpha value is -0.410. The molecule has 1 rings (SSSR count). The van der Waals surface area contributed by atoms with Gasteiger partial charge in [0.15, 0.2) is 0 Å². The van der Waals surface area contributed by atoms with Crippen LogP contribution in [0.2, 0.25) is 0 Å². The first kappa shape index (κ1) is 16.6. The van der Waals surface area contributed by atoms with E-state index in [4.69, 9.17) is 4.98 Å². The number of hydrogen-bond acceptors (Lipinski definition) is 3. The van der Waals surface area contributed by atoms with E-state index in [2.05, 4.69) is 52.2 Å². The molecule has 3 heteroatoms. The van der Waals surface area contributed by atoms with Crippen molar-refractivity contribution in [1.29, 1.82) is 0 Å². The van der Waals surface area contributed by atoms with Crippen LogP contribution in [0.4, 0.5) is 0 Å². The minimum Gasteiger partial charge on any atom is -0.303 e. The van der Waals surface area contributed by atoms with Gasteiger partial charge in [0, 0.05) is 11.4 Å². The van der Waals surface area contributed by atoms with Crippen molar-refractivity contribution in [3.8, 4) is 0 Å². The average Bonchev–Trinajstić information content (AvgIpc) is 2.78. The maximum absolute atomic E-state index is 4.87. The van der Waals surface area contributed by atoms with E-state index >= 15 is 0 Å². The summed E-state index contributed by atoms with van der Waals surface area (Å²) in [5.41, 5.74) is 1.26. The Balaban J connectivity index is 2.87. The van der Waals surface area contributed by atoms with Gasteiger partial charge in [-0.25, -0.2) is 4.98 Å². The second-order valence-electron chi connectivity index (χ2n) is 6.32. The Kier molecular flexibility index (Phi) is 6.48. The topological polar surface area (TPSA) is 24.9 Å². The summed E-state index contributed by atoms with van der Waals surface area (Å²) in [6, 6.07) is 0.484. The first-order valence-corrected chi connectivity index (χ1v) is 8.50. The number of rotatable bonds is 8. The van der Waals surface area contributed by atoms with Crippen molar-refractivity contribution in [3.05, 3.63) is 16.1 Å². The summed E-state index contributed by atoms with van der Waals surface area (Å²) in [5, 5.41) is 7.20. The lowest BCUT2D eigenvalue weighted by Gasteiger charge is -2.31. The molecule has 19 heavy (non-hydrogen) atoms. The molecule has 0 saturated carbocycles. The summed E-state index contributed by atoms with van der Waals surface area (Å²) < 4.78 is 0. The zero-order valence-electron chi connectivity index (χ0n) is 13.4. The van der Waals surface area contributed by atoms with Crippen LogP contribution in [0, 0.1) is 0 Å². The molecule has 1 aromatic rings. The molecule has 110 valence electrons. The van der Waals surface area contributed by atoms with Crippen LogP contribution in [0.5, 0.6) is 0 Å². The second-order valence-corrected chi connectivity index (χ2v) is 7.18. The SMILES string of the molecule is CCCCCC(C)(NC(C)C)c1nc(C(C)C)cs1. The van der Waals surface area contributed by atoms with Gasteiger partial charge in [-0.05, 0) is 33.1 Å². The first-order valence-electron chi connectivity index (χ1n) is 7.62. The highest BCUT2D eigenvalue weighted by Gasteiger charge is 2.30. The molecule has 1 atom stereocenters. The van der Waals surface area contributed by atoms with Crippen molar-refractivity contribution in [2.75, 3.05) is 0 Å². The molecule has 0 aliphatic heterocycles. The molecule has 0 aliphatic rings. The molecule has 0 amide bonds. The summed E-state index contributed by atoms with van der Waals surface area (Å²) in [7, 11) is 0. The normalized spacial score (nSPS) is 15.2. The summed E-state index contributed by atoms with van der Waals surface area (Å²) in [5.74, 6) is 0.518. The van der Waals surface area contributed by atoms with Crippen molar-refractivity contribution >= 4 is 11.3 Å². The maximum atomic E-state index is 4.87. The Bertz CT molecular complexity index is 371. The number of nitrogens with zero attached hydrogens (tertiary/aromatic N) is 1. The largest absolute Gasteiger partial charge is 0.303 e. The Morgan fingerprint density at radius 1 is 1.26 bits per heavy atom. The maximum Gasteiger partial charge on any atom is 0.113 e. The zero-order valence-corrected chi connectivity index (χ0v) is 14.2. The lowest BCUT2D eigenvalue weighted by atomic mass is 9.94. The van der Waals surface area contributed by atoms with Gasteiger partial charge in [-0.15, -0.1) is 11.3 Å². The zero-order chi connectivity index (χ0) is 14.5. The number of thiazole rings is 1. The predicted octanol–water partition coefficient (Wildman–Crippen LogP) is 5.06. The fourth-order valence-corrected chi connectivity index (χ4v) is 3.55. The van der Waals surface area contributed by atoms with Crippen LogP contribution in [0.15, 0.2) is 5.38 Å². The standard InChI is InChI=1S/C16H30N2S/c1-7-8-9-10-16(6,18-13(4)5)15-17-14(11-19-15)12(2)3/h11-13,18H,7-10H2,1-6H3. The van der Waals surface area contributed by atoms with Gasteiger partial charge < -0.3 is 5.32 Å². The molecule has 0 saturated heterocycles. The molecule has 0 aliphatic carbocycles. The molecule has 0 spiro atoms. The van der Waals surface area contributed by atoms with Crippen molar-refractivity contribution in [2.45, 2.75) is 84.7 Å². The van der Waals surface area contributed by atoms with Crippen molar-refractivity contribution in [2.24, 2.45) is 0 Å². The van der Waals surface area contributed by atoms with Crippen LogP contribution in [0.3, 0.4) is 0 Å². The third kappa shape index (κ3) is 4.88. The fraction of sp³-hybridized carbons (Fsp3) is 0.812. The molecule has 0 bridgehead atoms. The number of unbranched alkanes of at least 4 members (excludes halogenated alkanes) is 2. The monoisotopic (exact) mass is 282 g/mol. The Morgan fingerprint density at radius 2 is 1.95 bits per heavy atom. The van der Waals surface area contributed by atoms with Gasteiger partial charge >= 0.3 is 0 Å². The molecular formula is C16H30N2S. The highest BCUT2D eigenvalue weighted by atomic mass is 32.1. The summed E-state index contributed by atoms with van der Waals surface area (Å²) in [6.07, 6.45) is 5.01. The van der Waals surface area contributed by atoms with Crippen LogP contribution in [0.25, 0.3) is 0 Å². The van der Waals surface area contributed by atoms with Gasteiger partial charge in [-0.1, -0.05) is 40.0 Å². The number of hydrogen-bond donors (Lipinski definition) is 1. The van der Waals surface area contributed by atoms with E-state index in [1.165, 1.54) is 36.4 Å². The van der Waals surface area contributed by atoms with E-state index in [1.807, 2.05) is 11.3 Å². The van der Waals surface area contributed by atoms with Gasteiger partial charge in [-0.3, -0.25) is 0 Å². The minimum absolute atomic E-state index is 0.0289. The molecular weight excluding hydrogens is 252 g/mol. The van der Waals surface area contributed by atoms with Crippen LogP contribution < -0.4 is 5.32 Å². The fourth-order valence-electron chi connectivity index (χ4n) is 2.41. The van der Waals surface area contributed by atoms with Crippen LogP contribution in [-0.2, 0) is 5.54 Å². The summed E-state index contributed by atoms with van der Waals surface area (Å²) in [4.78, 5) is 4.87. The van der Waals surface area contributed by atoms with E-state index in [0.29, 0.717) is 12.0 Å². The van der Waals surface area contributed by atoms with Gasteiger partial charge in [-0.2, -0.15) is 0 Å². The Labute approximate surface area is 123 Å². The molecule has 1 unspecified atom stereocenters. The van der Waals surface area contributed by atoms with E-state index in [1.54, 1.807) is 0 Å². The number of nitrogens with one attached hydrogen (secondary N) is 1. The average molecular weight is 282 g/mol. The molecule has 1 heterocycles. The van der Waals surface area contributed by atoms with Crippen molar-refractivity contribution in [1.82, 2.24) is 10.3 Å². The van der Waals surface area contributed by atoms with Crippen LogP contribution in [-0.4, -0.2) is 11.0 Å². The van der Waals surface area contributed by atoms with E-state index in [-0.39, 0.29) is 5.54 Å². The van der Waals surface area contributed by atoms with Crippen LogP contribution >= 0.6 is 11.3 Å². The summed E-state index contributed by atoms with van der Waals surface area (Å²) >= 11 is 1.81. The van der Waals surface area contributed by atoms with Gasteiger partial charge in [0.05, 0.1) is 11.2 Å². The third-order valence-electron chi connectivity index (χ3n) is 3.47. The van der Waals surface area contributed by atoms with E-state index in [0.717, 1.165) is 0 Å². The molecule has 2 nitrogen and oxygen atoms in total. The molecule has 0 fully saturated rings. The van der Waals surface area contributed by atoms with Gasteiger partial charge in [0.2, 0.25) is 0 Å². The van der Waals surface area contributed by atoms with Gasteiger partial charge in [0.25, 0.3) is 0 Å². The lowest BCUT2D eigenvalue weighted by molar-refractivity contribution is 0.299. The minimum atomic E-state index is 0.0289. The second kappa shape index (κ2) is 7.39. The van der Waals surface area contributed by atoms with Crippen LogP contribution in [0.1, 0.15) is 83.8 Å². The highest BCUT2D eigenvalue weighted by Crippen LogP contribution is 2.32. The molecule has 0 radical (unpaired) electrons. The van der Waals surface area contributed by atoms with Crippen molar-refractivity contribution < 1.29 is 0 Å². The Morgan fingerprint density at radius 3 is 2.42 bits per heavy atom. The molecule has 1 aromatic heterocycles. The highest BCUT2D eigenvalue weighted by molar-refractivity contribution is 7.09. The molecule has 1 N–H and O–H groups in total. The van der Waals surface area contributed by atoms with E-state index in [9.17, 15) is 0 Å². The molecule has 0 aromatic carbocycles. The summed E-state index contributed by atoms with van der Waals surface area (Å²) in [6.45, 7) is 13.4. The quantitative estimate of drug-likeness (QED) is 0.674. The number of aromatic nitrogens is 1. The van der Waals surface area contributed by atoms with Crippen molar-refractivity contribution in [3.63, 3.8) is 0 Å². The smallest absolute Gasteiger partial charge is 0.113 e. The first-order chi connectivity index (χ1) is 8.89. The van der Waals surface area contributed by atoms with Gasteiger partial charge in [0.1, 0.15) is 5.01 Å². The lowest BCUT2D eigenvalue weighted by Crippen LogP contribution is -2.43. The van der Waals surface area contributed by atoms with E-state index < -0.39 is 0 Å².